The third-order valence-electron chi connectivity index (χ3n) is 4.82. The van der Waals surface area contributed by atoms with E-state index in [9.17, 15) is 9.59 Å². The second kappa shape index (κ2) is 7.75. The Morgan fingerprint density at radius 1 is 1.00 bits per heavy atom. The largest absolute Gasteiger partial charge is 0.345 e. The molecule has 1 amide bonds. The van der Waals surface area contributed by atoms with E-state index in [0.717, 1.165) is 22.2 Å². The summed E-state index contributed by atoms with van der Waals surface area (Å²) in [7, 11) is 0. The number of amides is 1. The van der Waals surface area contributed by atoms with Gasteiger partial charge in [-0.3, -0.25) is 9.59 Å². The topological polar surface area (TPSA) is 68.9 Å². The summed E-state index contributed by atoms with van der Waals surface area (Å²) in [6.45, 7) is 4.08. The van der Waals surface area contributed by atoms with Gasteiger partial charge in [-0.2, -0.15) is 5.10 Å². The summed E-state index contributed by atoms with van der Waals surface area (Å²) in [6.07, 6.45) is 2.01. The lowest BCUT2D eigenvalue weighted by atomic mass is 10.1. The average Bonchev–Trinajstić information content (AvgIpc) is 3.16. The monoisotopic (exact) mass is 386 g/mol. The third kappa shape index (κ3) is 3.82. The van der Waals surface area contributed by atoms with E-state index in [1.807, 2.05) is 60.8 Å². The third-order valence-corrected chi connectivity index (χ3v) is 4.82. The van der Waals surface area contributed by atoms with Gasteiger partial charge in [-0.15, -0.1) is 0 Å². The number of benzene rings is 2. The molecule has 2 aromatic heterocycles. The summed E-state index contributed by atoms with van der Waals surface area (Å²) in [6, 6.07) is 20.8. The summed E-state index contributed by atoms with van der Waals surface area (Å²) in [4.78, 5) is 24.8. The van der Waals surface area contributed by atoms with Crippen LogP contribution < -0.4 is 10.9 Å². The molecule has 0 radical (unpaired) electrons. The molecule has 6 heteroatoms. The summed E-state index contributed by atoms with van der Waals surface area (Å²) in [5.74, 6) is -0.297. The second-order valence-corrected chi connectivity index (χ2v) is 7.18. The van der Waals surface area contributed by atoms with Crippen molar-refractivity contribution in [1.29, 1.82) is 0 Å². The zero-order chi connectivity index (χ0) is 20.4. The van der Waals surface area contributed by atoms with E-state index in [4.69, 9.17) is 0 Å². The maximum absolute atomic E-state index is 12.6. The quantitative estimate of drug-likeness (QED) is 0.562. The van der Waals surface area contributed by atoms with Crippen LogP contribution in [-0.4, -0.2) is 20.3 Å². The fraction of sp³-hybridized carbons (Fsp3) is 0.174. The molecule has 0 saturated heterocycles. The van der Waals surface area contributed by atoms with Crippen LogP contribution in [0.25, 0.3) is 22.2 Å². The van der Waals surface area contributed by atoms with Gasteiger partial charge in [0.15, 0.2) is 0 Å². The van der Waals surface area contributed by atoms with Crippen molar-refractivity contribution in [3.05, 3.63) is 83.3 Å². The Morgan fingerprint density at radius 2 is 1.79 bits per heavy atom. The lowest BCUT2D eigenvalue weighted by Gasteiger charge is -2.11. The lowest BCUT2D eigenvalue weighted by molar-refractivity contribution is -0.117. The average molecular weight is 386 g/mol. The first kappa shape index (κ1) is 18.7. The molecule has 0 saturated carbocycles. The van der Waals surface area contributed by atoms with E-state index in [0.29, 0.717) is 11.7 Å². The maximum atomic E-state index is 12.6. The SMILES string of the molecule is CC(C)n1ccc2c(NC(=O)Cn3nc(-c4ccccc4)ccc3=O)cccc21. The number of hydrogen-bond donors (Lipinski definition) is 1. The van der Waals surface area contributed by atoms with E-state index >= 15 is 0 Å². The van der Waals surface area contributed by atoms with E-state index < -0.39 is 0 Å². The number of fused-ring (bicyclic) bond motifs is 1. The predicted molar refractivity (Wildman–Crippen MR) is 115 cm³/mol. The lowest BCUT2D eigenvalue weighted by Crippen LogP contribution is -2.29. The van der Waals surface area contributed by atoms with E-state index in [1.165, 1.54) is 10.7 Å². The summed E-state index contributed by atoms with van der Waals surface area (Å²) < 4.78 is 3.34. The highest BCUT2D eigenvalue weighted by Crippen LogP contribution is 2.26. The zero-order valence-electron chi connectivity index (χ0n) is 16.4. The zero-order valence-corrected chi connectivity index (χ0v) is 16.4. The number of nitrogens with one attached hydrogen (secondary N) is 1. The first-order chi connectivity index (χ1) is 14.0. The highest BCUT2D eigenvalue weighted by atomic mass is 16.2. The molecule has 4 aromatic rings. The Bertz CT molecular complexity index is 1220. The van der Waals surface area contributed by atoms with Crippen LogP contribution >= 0.6 is 0 Å². The Labute approximate surface area is 168 Å². The molecule has 0 bridgehead atoms. The molecule has 0 spiro atoms. The Hall–Kier alpha value is -3.67. The molecule has 146 valence electrons. The standard InChI is InChI=1S/C23H22N4O2/c1-16(2)26-14-13-18-20(9-6-10-21(18)26)24-22(28)15-27-23(29)12-11-19(25-27)17-7-4-3-5-8-17/h3-14,16H,15H2,1-2H3,(H,24,28). The smallest absolute Gasteiger partial charge is 0.267 e. The fourth-order valence-electron chi connectivity index (χ4n) is 3.40. The molecule has 4 rings (SSSR count). The molecule has 2 aromatic carbocycles. The van der Waals surface area contributed by atoms with Gasteiger partial charge in [0.1, 0.15) is 6.54 Å². The molecule has 2 heterocycles. The van der Waals surface area contributed by atoms with Crippen LogP contribution in [-0.2, 0) is 11.3 Å². The van der Waals surface area contributed by atoms with Crippen LogP contribution in [0, 0.1) is 0 Å². The van der Waals surface area contributed by atoms with Crippen molar-refractivity contribution in [2.75, 3.05) is 5.32 Å². The van der Waals surface area contributed by atoms with Crippen molar-refractivity contribution in [3.8, 4) is 11.3 Å². The summed E-state index contributed by atoms with van der Waals surface area (Å²) >= 11 is 0. The van der Waals surface area contributed by atoms with Crippen molar-refractivity contribution in [1.82, 2.24) is 14.3 Å². The Kier molecular flexibility index (Phi) is 4.99. The van der Waals surface area contributed by atoms with E-state index in [1.54, 1.807) is 6.07 Å². The first-order valence-corrected chi connectivity index (χ1v) is 9.56. The van der Waals surface area contributed by atoms with Crippen molar-refractivity contribution in [3.63, 3.8) is 0 Å². The second-order valence-electron chi connectivity index (χ2n) is 7.18. The number of carbonyl (C=O) groups excluding carboxylic acids is 1. The van der Waals surface area contributed by atoms with Gasteiger partial charge in [-0.25, -0.2) is 4.68 Å². The van der Waals surface area contributed by atoms with Gasteiger partial charge < -0.3 is 9.88 Å². The molecular formula is C23H22N4O2. The molecule has 1 N–H and O–H groups in total. The number of rotatable bonds is 5. The first-order valence-electron chi connectivity index (χ1n) is 9.56. The number of anilines is 1. The highest BCUT2D eigenvalue weighted by molar-refractivity contribution is 6.01. The van der Waals surface area contributed by atoms with Crippen LogP contribution in [0.1, 0.15) is 19.9 Å². The van der Waals surface area contributed by atoms with Gasteiger partial charge in [0.25, 0.3) is 5.56 Å². The van der Waals surface area contributed by atoms with Gasteiger partial charge in [0, 0.05) is 29.3 Å². The van der Waals surface area contributed by atoms with Crippen LogP contribution in [0.4, 0.5) is 5.69 Å². The Morgan fingerprint density at radius 3 is 2.55 bits per heavy atom. The van der Waals surface area contributed by atoms with Crippen molar-refractivity contribution >= 4 is 22.5 Å². The van der Waals surface area contributed by atoms with Crippen molar-refractivity contribution in [2.45, 2.75) is 26.4 Å². The number of aromatic nitrogens is 3. The molecular weight excluding hydrogens is 364 g/mol. The van der Waals surface area contributed by atoms with Gasteiger partial charge in [0.05, 0.1) is 16.9 Å². The van der Waals surface area contributed by atoms with E-state index in [-0.39, 0.29) is 18.0 Å². The number of hydrogen-bond acceptors (Lipinski definition) is 3. The maximum Gasteiger partial charge on any atom is 0.267 e. The van der Waals surface area contributed by atoms with Crippen LogP contribution in [0.15, 0.2) is 77.7 Å². The van der Waals surface area contributed by atoms with Crippen LogP contribution in [0.5, 0.6) is 0 Å². The molecule has 0 fully saturated rings. The summed E-state index contributed by atoms with van der Waals surface area (Å²) in [5.41, 5.74) is 3.00. The minimum Gasteiger partial charge on any atom is -0.345 e. The van der Waals surface area contributed by atoms with Gasteiger partial charge >= 0.3 is 0 Å². The molecule has 0 atom stereocenters. The fourth-order valence-corrected chi connectivity index (χ4v) is 3.40. The molecule has 6 nitrogen and oxygen atoms in total. The molecule has 29 heavy (non-hydrogen) atoms. The molecule has 0 aliphatic heterocycles. The van der Waals surface area contributed by atoms with Gasteiger partial charge in [0.2, 0.25) is 5.91 Å². The van der Waals surface area contributed by atoms with Crippen molar-refractivity contribution < 1.29 is 4.79 Å². The van der Waals surface area contributed by atoms with E-state index in [2.05, 4.69) is 28.8 Å². The molecule has 0 aliphatic rings. The Balaban J connectivity index is 1.58. The van der Waals surface area contributed by atoms with Gasteiger partial charge in [-0.1, -0.05) is 36.4 Å². The summed E-state index contributed by atoms with van der Waals surface area (Å²) in [5, 5.41) is 8.24. The minimum atomic E-state index is -0.316. The normalized spacial score (nSPS) is 11.1. The van der Waals surface area contributed by atoms with Crippen LogP contribution in [0.3, 0.4) is 0 Å². The highest BCUT2D eigenvalue weighted by Gasteiger charge is 2.12. The van der Waals surface area contributed by atoms with Gasteiger partial charge in [-0.05, 0) is 38.1 Å². The number of carbonyl (C=O) groups is 1. The molecule has 0 unspecified atom stereocenters. The minimum absolute atomic E-state index is 0.152. The van der Waals surface area contributed by atoms with Crippen LogP contribution in [0.2, 0.25) is 0 Å². The molecule has 0 aliphatic carbocycles. The number of nitrogens with zero attached hydrogens (tertiary/aromatic N) is 3. The predicted octanol–water partition coefficient (Wildman–Crippen LogP) is 4.08. The van der Waals surface area contributed by atoms with Crippen molar-refractivity contribution in [2.24, 2.45) is 0 Å².